The number of rotatable bonds is 4. The minimum atomic E-state index is -0.482. The Kier molecular flexibility index (Phi) is 3.47. The number of H-pyrrole nitrogens is 1. The molecule has 0 fully saturated rings. The highest BCUT2D eigenvalue weighted by Gasteiger charge is 2.15. The van der Waals surface area contributed by atoms with Crippen LogP contribution in [0.25, 0.3) is 10.2 Å². The summed E-state index contributed by atoms with van der Waals surface area (Å²) in [4.78, 5) is 30.0. The molecule has 0 atom stereocenters. The van der Waals surface area contributed by atoms with E-state index in [1.165, 1.54) is 18.3 Å². The van der Waals surface area contributed by atoms with E-state index >= 15 is 0 Å². The van der Waals surface area contributed by atoms with Crippen LogP contribution in [-0.2, 0) is 0 Å². The topological polar surface area (TPSA) is 74.8 Å². The molecule has 0 radical (unpaired) electrons. The smallest absolute Gasteiger partial charge is 0.346 e. The van der Waals surface area contributed by atoms with Crippen molar-refractivity contribution in [3.8, 4) is 0 Å². The molecule has 0 bridgehead atoms. The van der Waals surface area contributed by atoms with Gasteiger partial charge in [0.25, 0.3) is 0 Å². The fourth-order valence-electron chi connectivity index (χ4n) is 1.67. The standard InChI is InChI=1S/C12H15N3O2S/c1-6(2)4-13-8-5-18-11-9(8)10(7(3)16)14-12(17)15-11/h5-6,13H,4H2,1-3H3,(H,14,15,17). The van der Waals surface area contributed by atoms with Crippen LogP contribution in [-0.4, -0.2) is 22.3 Å². The average molecular weight is 265 g/mol. The SMILES string of the molecule is CC(=O)c1nc(=O)[nH]c2scc(NCC(C)C)c12. The van der Waals surface area contributed by atoms with Gasteiger partial charge in [-0.2, -0.15) is 4.98 Å². The van der Waals surface area contributed by atoms with Gasteiger partial charge in [-0.3, -0.25) is 9.78 Å². The molecule has 96 valence electrons. The Bertz CT molecular complexity index is 642. The molecule has 0 unspecified atom stereocenters. The number of carbonyl (C=O) groups excluding carboxylic acids is 1. The first-order chi connectivity index (χ1) is 8.49. The van der Waals surface area contributed by atoms with Crippen LogP contribution in [0.3, 0.4) is 0 Å². The molecule has 0 aliphatic carbocycles. The predicted octanol–water partition coefficient (Wildman–Crippen LogP) is 2.26. The maximum Gasteiger partial charge on any atom is 0.346 e. The molecule has 0 saturated carbocycles. The van der Waals surface area contributed by atoms with Crippen molar-refractivity contribution in [2.45, 2.75) is 20.8 Å². The lowest BCUT2D eigenvalue weighted by molar-refractivity contribution is 0.101. The first-order valence-electron chi connectivity index (χ1n) is 5.75. The van der Waals surface area contributed by atoms with E-state index in [0.29, 0.717) is 16.1 Å². The molecule has 6 heteroatoms. The molecular weight excluding hydrogens is 250 g/mol. The zero-order chi connectivity index (χ0) is 13.3. The maximum atomic E-state index is 11.6. The van der Waals surface area contributed by atoms with Gasteiger partial charge in [-0.1, -0.05) is 13.8 Å². The van der Waals surface area contributed by atoms with Crippen LogP contribution in [0, 0.1) is 5.92 Å². The fraction of sp³-hybridized carbons (Fsp3) is 0.417. The van der Waals surface area contributed by atoms with Crippen molar-refractivity contribution in [3.63, 3.8) is 0 Å². The second-order valence-electron chi connectivity index (χ2n) is 4.57. The number of nitrogens with zero attached hydrogens (tertiary/aromatic N) is 1. The van der Waals surface area contributed by atoms with Crippen LogP contribution >= 0.6 is 11.3 Å². The van der Waals surface area contributed by atoms with E-state index in [1.54, 1.807) is 0 Å². The second-order valence-corrected chi connectivity index (χ2v) is 5.45. The Morgan fingerprint density at radius 1 is 1.56 bits per heavy atom. The number of Topliss-reactive ketones (excluding diaryl/α,β-unsaturated/α-hetero) is 1. The van der Waals surface area contributed by atoms with Crippen molar-refractivity contribution in [2.75, 3.05) is 11.9 Å². The van der Waals surface area contributed by atoms with Gasteiger partial charge in [-0.05, 0) is 5.92 Å². The summed E-state index contributed by atoms with van der Waals surface area (Å²) < 4.78 is 0. The van der Waals surface area contributed by atoms with Gasteiger partial charge < -0.3 is 5.32 Å². The first-order valence-corrected chi connectivity index (χ1v) is 6.63. The summed E-state index contributed by atoms with van der Waals surface area (Å²) in [7, 11) is 0. The summed E-state index contributed by atoms with van der Waals surface area (Å²) >= 11 is 1.40. The van der Waals surface area contributed by atoms with Crippen molar-refractivity contribution in [1.82, 2.24) is 9.97 Å². The highest BCUT2D eigenvalue weighted by Crippen LogP contribution is 2.30. The highest BCUT2D eigenvalue weighted by molar-refractivity contribution is 7.17. The number of hydrogen-bond donors (Lipinski definition) is 2. The number of fused-ring (bicyclic) bond motifs is 1. The first kappa shape index (κ1) is 12.8. The third-order valence-electron chi connectivity index (χ3n) is 2.50. The quantitative estimate of drug-likeness (QED) is 0.831. The molecule has 0 saturated heterocycles. The van der Waals surface area contributed by atoms with Gasteiger partial charge in [0.15, 0.2) is 5.78 Å². The largest absolute Gasteiger partial charge is 0.383 e. The number of aromatic amines is 1. The van der Waals surface area contributed by atoms with E-state index < -0.39 is 5.69 Å². The van der Waals surface area contributed by atoms with Gasteiger partial charge in [0, 0.05) is 18.8 Å². The third-order valence-corrected chi connectivity index (χ3v) is 3.39. The lowest BCUT2D eigenvalue weighted by Gasteiger charge is -2.08. The number of ketones is 1. The van der Waals surface area contributed by atoms with Crippen molar-refractivity contribution >= 4 is 33.0 Å². The Labute approximate surface area is 108 Å². The summed E-state index contributed by atoms with van der Waals surface area (Å²) in [6, 6.07) is 0. The van der Waals surface area contributed by atoms with Crippen LogP contribution in [0.4, 0.5) is 5.69 Å². The van der Waals surface area contributed by atoms with Crippen LogP contribution in [0.15, 0.2) is 10.2 Å². The molecule has 0 spiro atoms. The van der Waals surface area contributed by atoms with E-state index in [1.807, 2.05) is 5.38 Å². The van der Waals surface area contributed by atoms with E-state index in [9.17, 15) is 9.59 Å². The molecule has 18 heavy (non-hydrogen) atoms. The molecule has 0 amide bonds. The highest BCUT2D eigenvalue weighted by atomic mass is 32.1. The van der Waals surface area contributed by atoms with Crippen molar-refractivity contribution in [1.29, 1.82) is 0 Å². The van der Waals surface area contributed by atoms with Crippen LogP contribution in [0.1, 0.15) is 31.3 Å². The summed E-state index contributed by atoms with van der Waals surface area (Å²) in [6.07, 6.45) is 0. The van der Waals surface area contributed by atoms with Gasteiger partial charge in [0.1, 0.15) is 10.5 Å². The molecule has 0 aromatic carbocycles. The van der Waals surface area contributed by atoms with Crippen LogP contribution in [0.2, 0.25) is 0 Å². The monoisotopic (exact) mass is 265 g/mol. The number of carbonyl (C=O) groups is 1. The zero-order valence-corrected chi connectivity index (χ0v) is 11.4. The Balaban J connectivity index is 2.56. The van der Waals surface area contributed by atoms with Gasteiger partial charge >= 0.3 is 5.69 Å². The summed E-state index contributed by atoms with van der Waals surface area (Å²) in [5.41, 5.74) is 0.615. The van der Waals surface area contributed by atoms with Gasteiger partial charge in [0.05, 0.1) is 11.1 Å². The molecular formula is C12H15N3O2S. The fourth-order valence-corrected chi connectivity index (χ4v) is 2.57. The number of hydrogen-bond acceptors (Lipinski definition) is 5. The van der Waals surface area contributed by atoms with Crippen molar-refractivity contribution in [2.24, 2.45) is 5.92 Å². The summed E-state index contributed by atoms with van der Waals surface area (Å²) in [5.74, 6) is 0.300. The summed E-state index contributed by atoms with van der Waals surface area (Å²) in [6.45, 7) is 6.44. The van der Waals surface area contributed by atoms with Crippen LogP contribution in [0.5, 0.6) is 0 Å². The second kappa shape index (κ2) is 4.89. The number of nitrogens with one attached hydrogen (secondary N) is 2. The minimum absolute atomic E-state index is 0.197. The Morgan fingerprint density at radius 2 is 2.28 bits per heavy atom. The van der Waals surface area contributed by atoms with Gasteiger partial charge in [-0.15, -0.1) is 11.3 Å². The third kappa shape index (κ3) is 2.43. The lowest BCUT2D eigenvalue weighted by atomic mass is 10.2. The molecule has 2 heterocycles. The molecule has 2 aromatic heterocycles. The Hall–Kier alpha value is -1.69. The van der Waals surface area contributed by atoms with E-state index in [0.717, 1.165) is 12.2 Å². The number of aromatic nitrogens is 2. The summed E-state index contributed by atoms with van der Waals surface area (Å²) in [5, 5.41) is 5.89. The average Bonchev–Trinajstić information content (AvgIpc) is 2.67. The molecule has 2 N–H and O–H groups in total. The number of anilines is 1. The van der Waals surface area contributed by atoms with Crippen molar-refractivity contribution < 1.29 is 4.79 Å². The Morgan fingerprint density at radius 3 is 2.89 bits per heavy atom. The molecule has 2 rings (SSSR count). The van der Waals surface area contributed by atoms with Gasteiger partial charge in [-0.25, -0.2) is 4.79 Å². The molecule has 2 aromatic rings. The minimum Gasteiger partial charge on any atom is -0.383 e. The van der Waals surface area contributed by atoms with Crippen molar-refractivity contribution in [3.05, 3.63) is 21.6 Å². The lowest BCUT2D eigenvalue weighted by Crippen LogP contribution is -2.15. The zero-order valence-electron chi connectivity index (χ0n) is 10.5. The molecule has 0 aliphatic heterocycles. The normalized spacial score (nSPS) is 11.1. The molecule has 0 aliphatic rings. The van der Waals surface area contributed by atoms with E-state index in [4.69, 9.17) is 0 Å². The predicted molar refractivity (Wildman–Crippen MR) is 73.6 cm³/mol. The molecule has 5 nitrogen and oxygen atoms in total. The number of thiophene rings is 1. The van der Waals surface area contributed by atoms with Crippen LogP contribution < -0.4 is 11.0 Å². The van der Waals surface area contributed by atoms with E-state index in [-0.39, 0.29) is 11.5 Å². The maximum absolute atomic E-state index is 11.6. The van der Waals surface area contributed by atoms with Gasteiger partial charge in [0.2, 0.25) is 0 Å². The van der Waals surface area contributed by atoms with E-state index in [2.05, 4.69) is 29.1 Å².